The van der Waals surface area contributed by atoms with Crippen molar-refractivity contribution in [1.82, 2.24) is 10.2 Å². The van der Waals surface area contributed by atoms with E-state index in [1.807, 2.05) is 0 Å². The number of rotatable bonds is 5. The molecule has 3 nitrogen and oxygen atoms in total. The van der Waals surface area contributed by atoms with Gasteiger partial charge in [-0.05, 0) is 66.9 Å². The first-order valence-corrected chi connectivity index (χ1v) is 8.34. The van der Waals surface area contributed by atoms with Crippen molar-refractivity contribution >= 4 is 21.8 Å². The van der Waals surface area contributed by atoms with Crippen molar-refractivity contribution in [2.24, 2.45) is 0 Å². The van der Waals surface area contributed by atoms with Gasteiger partial charge in [-0.3, -0.25) is 4.79 Å². The second-order valence-corrected chi connectivity index (χ2v) is 6.47. The Labute approximate surface area is 134 Å². The van der Waals surface area contributed by atoms with Crippen molar-refractivity contribution in [2.75, 3.05) is 19.6 Å². The van der Waals surface area contributed by atoms with Gasteiger partial charge in [0.1, 0.15) is 5.82 Å². The number of amides is 1. The van der Waals surface area contributed by atoms with Gasteiger partial charge in [0.2, 0.25) is 0 Å². The number of carbonyl (C=O) groups is 1. The van der Waals surface area contributed by atoms with Crippen LogP contribution in [0.2, 0.25) is 0 Å². The van der Waals surface area contributed by atoms with Gasteiger partial charge in [-0.1, -0.05) is 6.42 Å². The molecule has 0 saturated carbocycles. The normalized spacial score (nSPS) is 19.5. The molecule has 0 aromatic heterocycles. The molecule has 1 N–H and O–H groups in total. The van der Waals surface area contributed by atoms with Crippen LogP contribution in [0.25, 0.3) is 0 Å². The molecule has 1 aromatic carbocycles. The van der Waals surface area contributed by atoms with Gasteiger partial charge >= 0.3 is 0 Å². The van der Waals surface area contributed by atoms with Crippen molar-refractivity contribution in [3.05, 3.63) is 34.1 Å². The zero-order chi connectivity index (χ0) is 15.2. The first-order valence-electron chi connectivity index (χ1n) is 7.55. The minimum Gasteiger partial charge on any atom is -0.352 e. The van der Waals surface area contributed by atoms with E-state index in [1.54, 1.807) is 0 Å². The average molecular weight is 357 g/mol. The Bertz CT molecular complexity index is 495. The number of halogens is 2. The third kappa shape index (κ3) is 4.78. The molecule has 1 fully saturated rings. The van der Waals surface area contributed by atoms with E-state index in [1.165, 1.54) is 44.0 Å². The summed E-state index contributed by atoms with van der Waals surface area (Å²) in [7, 11) is 0. The van der Waals surface area contributed by atoms with Gasteiger partial charge in [0.05, 0.1) is 4.47 Å². The summed E-state index contributed by atoms with van der Waals surface area (Å²) < 4.78 is 13.4. The van der Waals surface area contributed by atoms with E-state index in [0.29, 0.717) is 22.6 Å². The molecule has 1 unspecified atom stereocenters. The third-order valence-electron chi connectivity index (χ3n) is 4.03. The highest BCUT2D eigenvalue weighted by Gasteiger charge is 2.17. The molecule has 21 heavy (non-hydrogen) atoms. The molecule has 5 heteroatoms. The van der Waals surface area contributed by atoms with Crippen LogP contribution in [-0.2, 0) is 0 Å². The van der Waals surface area contributed by atoms with Gasteiger partial charge in [0, 0.05) is 24.7 Å². The van der Waals surface area contributed by atoms with Crippen molar-refractivity contribution in [3.63, 3.8) is 0 Å². The lowest BCUT2D eigenvalue weighted by molar-refractivity contribution is 0.0949. The number of benzene rings is 1. The summed E-state index contributed by atoms with van der Waals surface area (Å²) in [6.07, 6.45) is 4.82. The first-order chi connectivity index (χ1) is 10.1. The van der Waals surface area contributed by atoms with Crippen LogP contribution in [0.4, 0.5) is 4.39 Å². The summed E-state index contributed by atoms with van der Waals surface area (Å²) in [5, 5.41) is 2.89. The van der Waals surface area contributed by atoms with Gasteiger partial charge in [0.15, 0.2) is 0 Å². The smallest absolute Gasteiger partial charge is 0.251 e. The molecule has 0 radical (unpaired) electrons. The van der Waals surface area contributed by atoms with Gasteiger partial charge in [-0.25, -0.2) is 4.39 Å². The minimum atomic E-state index is -0.356. The Kier molecular flexibility index (Phi) is 6.18. The molecule has 1 aliphatic heterocycles. The largest absolute Gasteiger partial charge is 0.352 e. The van der Waals surface area contributed by atoms with E-state index >= 15 is 0 Å². The quantitative estimate of drug-likeness (QED) is 0.817. The Morgan fingerprint density at radius 2 is 2.29 bits per heavy atom. The number of carbonyl (C=O) groups excluding carboxylic acids is 1. The molecule has 2 rings (SSSR count). The summed E-state index contributed by atoms with van der Waals surface area (Å²) in [5.74, 6) is -0.506. The van der Waals surface area contributed by atoms with E-state index in [2.05, 4.69) is 33.1 Å². The number of nitrogens with one attached hydrogen (secondary N) is 1. The summed E-state index contributed by atoms with van der Waals surface area (Å²) in [4.78, 5) is 14.4. The lowest BCUT2D eigenvalue weighted by Crippen LogP contribution is -2.39. The van der Waals surface area contributed by atoms with E-state index in [9.17, 15) is 9.18 Å². The van der Waals surface area contributed by atoms with E-state index in [4.69, 9.17) is 0 Å². The molecule has 1 amide bonds. The van der Waals surface area contributed by atoms with Crippen molar-refractivity contribution in [1.29, 1.82) is 0 Å². The van der Waals surface area contributed by atoms with Crippen LogP contribution in [0, 0.1) is 5.82 Å². The first kappa shape index (κ1) is 16.4. The molecule has 1 atom stereocenters. The Morgan fingerprint density at radius 3 is 3.00 bits per heavy atom. The highest BCUT2D eigenvalue weighted by Crippen LogP contribution is 2.17. The molecular formula is C16H22BrFN2O. The van der Waals surface area contributed by atoms with Crippen LogP contribution < -0.4 is 5.32 Å². The number of piperidine rings is 1. The van der Waals surface area contributed by atoms with Gasteiger partial charge in [-0.15, -0.1) is 0 Å². The number of hydrogen-bond donors (Lipinski definition) is 1. The second-order valence-electron chi connectivity index (χ2n) is 5.62. The zero-order valence-corrected chi connectivity index (χ0v) is 14.0. The van der Waals surface area contributed by atoms with Crippen LogP contribution in [0.1, 0.15) is 43.0 Å². The summed E-state index contributed by atoms with van der Waals surface area (Å²) in [5.41, 5.74) is 0.481. The monoisotopic (exact) mass is 356 g/mol. The molecule has 1 heterocycles. The number of likely N-dealkylation sites (tertiary alicyclic amines) is 1. The fourth-order valence-electron chi connectivity index (χ4n) is 2.71. The zero-order valence-electron chi connectivity index (χ0n) is 12.4. The standard InChI is InChI=1S/C16H22BrFN2O/c1-12-5-2-3-9-20(12)10-4-8-19-16(21)13-6-7-15(18)14(17)11-13/h6-7,11-12H,2-5,8-10H2,1H3,(H,19,21). The second kappa shape index (κ2) is 7.90. The molecule has 1 aliphatic rings. The van der Waals surface area contributed by atoms with Gasteiger partial charge in [0.25, 0.3) is 5.91 Å². The highest BCUT2D eigenvalue weighted by atomic mass is 79.9. The lowest BCUT2D eigenvalue weighted by Gasteiger charge is -2.33. The maximum absolute atomic E-state index is 13.1. The fraction of sp³-hybridized carbons (Fsp3) is 0.562. The van der Waals surface area contributed by atoms with Crippen LogP contribution in [0.5, 0.6) is 0 Å². The van der Waals surface area contributed by atoms with Gasteiger partial charge < -0.3 is 10.2 Å². The topological polar surface area (TPSA) is 32.3 Å². The van der Waals surface area contributed by atoms with E-state index in [0.717, 1.165) is 13.0 Å². The molecule has 0 aliphatic carbocycles. The third-order valence-corrected chi connectivity index (χ3v) is 4.64. The number of hydrogen-bond acceptors (Lipinski definition) is 2. The van der Waals surface area contributed by atoms with Crippen LogP contribution in [-0.4, -0.2) is 36.5 Å². The fourth-order valence-corrected chi connectivity index (χ4v) is 3.09. The Hall–Kier alpha value is -0.940. The average Bonchev–Trinajstić information content (AvgIpc) is 2.48. The summed E-state index contributed by atoms with van der Waals surface area (Å²) in [6, 6.07) is 4.97. The predicted octanol–water partition coefficient (Wildman–Crippen LogP) is 3.58. The molecule has 0 spiro atoms. The van der Waals surface area contributed by atoms with Crippen molar-refractivity contribution in [2.45, 2.75) is 38.6 Å². The maximum atomic E-state index is 13.1. The molecule has 116 valence electrons. The Morgan fingerprint density at radius 1 is 1.48 bits per heavy atom. The maximum Gasteiger partial charge on any atom is 0.251 e. The van der Waals surface area contributed by atoms with Crippen LogP contribution in [0.3, 0.4) is 0 Å². The van der Waals surface area contributed by atoms with Crippen molar-refractivity contribution in [3.8, 4) is 0 Å². The number of nitrogens with zero attached hydrogens (tertiary/aromatic N) is 1. The van der Waals surface area contributed by atoms with E-state index in [-0.39, 0.29) is 11.7 Å². The molecule has 1 saturated heterocycles. The minimum absolute atomic E-state index is 0.151. The van der Waals surface area contributed by atoms with Crippen LogP contribution >= 0.6 is 15.9 Å². The molecule has 1 aromatic rings. The van der Waals surface area contributed by atoms with E-state index < -0.39 is 0 Å². The highest BCUT2D eigenvalue weighted by molar-refractivity contribution is 9.10. The predicted molar refractivity (Wildman–Crippen MR) is 85.9 cm³/mol. The lowest BCUT2D eigenvalue weighted by atomic mass is 10.0. The summed E-state index contributed by atoms with van der Waals surface area (Å²) >= 11 is 3.09. The van der Waals surface area contributed by atoms with Gasteiger partial charge in [-0.2, -0.15) is 0 Å². The Balaban J connectivity index is 1.72. The molecule has 0 bridgehead atoms. The SMILES string of the molecule is CC1CCCCN1CCCNC(=O)c1ccc(F)c(Br)c1. The van der Waals surface area contributed by atoms with Crippen molar-refractivity contribution < 1.29 is 9.18 Å². The summed E-state index contributed by atoms with van der Waals surface area (Å²) in [6.45, 7) is 5.11. The molecular weight excluding hydrogens is 335 g/mol. The van der Waals surface area contributed by atoms with Crippen LogP contribution in [0.15, 0.2) is 22.7 Å².